The molecule has 1 aromatic carbocycles. The number of hydrogen-bond donors (Lipinski definition) is 1. The van der Waals surface area contributed by atoms with E-state index in [1.807, 2.05) is 17.5 Å². The molecule has 1 saturated carbocycles. The van der Waals surface area contributed by atoms with Crippen LogP contribution < -0.4 is 5.32 Å². The molecule has 3 nitrogen and oxygen atoms in total. The van der Waals surface area contributed by atoms with Crippen molar-refractivity contribution in [2.24, 2.45) is 5.92 Å². The number of hydrogen-bond acceptors (Lipinski definition) is 3. The molecule has 1 amide bonds. The summed E-state index contributed by atoms with van der Waals surface area (Å²) in [5, 5.41) is 6.50. The van der Waals surface area contributed by atoms with Gasteiger partial charge in [0.15, 0.2) is 0 Å². The number of nitrogens with one attached hydrogen (secondary N) is 1. The van der Waals surface area contributed by atoms with Crippen molar-refractivity contribution in [3.63, 3.8) is 0 Å². The van der Waals surface area contributed by atoms with Gasteiger partial charge < -0.3 is 10.2 Å². The van der Waals surface area contributed by atoms with Gasteiger partial charge in [-0.3, -0.25) is 4.79 Å². The molecule has 0 spiro atoms. The monoisotopic (exact) mass is 356 g/mol. The summed E-state index contributed by atoms with van der Waals surface area (Å²) in [6, 6.07) is 8.55. The maximum Gasteiger partial charge on any atom is 0.252 e. The highest BCUT2D eigenvalue weighted by atomic mass is 32.1. The second-order valence-electron chi connectivity index (χ2n) is 7.63. The molecule has 2 fully saturated rings. The number of piperidine rings is 1. The quantitative estimate of drug-likeness (QED) is 0.863. The van der Waals surface area contributed by atoms with Crippen molar-refractivity contribution in [1.29, 1.82) is 0 Å². The summed E-state index contributed by atoms with van der Waals surface area (Å²) < 4.78 is 1.20. The van der Waals surface area contributed by atoms with E-state index < -0.39 is 0 Å². The van der Waals surface area contributed by atoms with Crippen molar-refractivity contribution in [2.75, 3.05) is 19.6 Å². The summed E-state index contributed by atoms with van der Waals surface area (Å²) in [5.41, 5.74) is 0.850. The minimum atomic E-state index is 0.119. The Kier molecular flexibility index (Phi) is 5.37. The SMILES string of the molecule is O=C(N[C@@H]1CCCC[C@H]1CN1CCCCC1)c1csc2ccccc12. The van der Waals surface area contributed by atoms with Crippen molar-refractivity contribution < 1.29 is 4.79 Å². The number of likely N-dealkylation sites (tertiary alicyclic amines) is 1. The van der Waals surface area contributed by atoms with Crippen LogP contribution in [0.4, 0.5) is 0 Å². The van der Waals surface area contributed by atoms with Gasteiger partial charge in [0.05, 0.1) is 5.56 Å². The third kappa shape index (κ3) is 3.90. The topological polar surface area (TPSA) is 32.3 Å². The van der Waals surface area contributed by atoms with Gasteiger partial charge in [0.2, 0.25) is 0 Å². The summed E-state index contributed by atoms with van der Waals surface area (Å²) in [6.07, 6.45) is 9.00. The fourth-order valence-electron chi connectivity index (χ4n) is 4.49. The fraction of sp³-hybridized carbons (Fsp3) is 0.571. The third-order valence-corrected chi connectivity index (χ3v) is 6.86. The number of thiophene rings is 1. The van der Waals surface area contributed by atoms with Gasteiger partial charge in [-0.05, 0) is 50.8 Å². The highest BCUT2D eigenvalue weighted by molar-refractivity contribution is 7.17. The Bertz CT molecular complexity index is 720. The number of carbonyl (C=O) groups is 1. The van der Waals surface area contributed by atoms with E-state index in [9.17, 15) is 4.79 Å². The Morgan fingerprint density at radius 3 is 2.76 bits per heavy atom. The smallest absolute Gasteiger partial charge is 0.252 e. The lowest BCUT2D eigenvalue weighted by molar-refractivity contribution is 0.0879. The van der Waals surface area contributed by atoms with E-state index in [1.54, 1.807) is 11.3 Å². The van der Waals surface area contributed by atoms with Crippen LogP contribution in [0, 0.1) is 5.92 Å². The Morgan fingerprint density at radius 1 is 1.08 bits per heavy atom. The van der Waals surface area contributed by atoms with Gasteiger partial charge in [-0.25, -0.2) is 0 Å². The molecular weight excluding hydrogens is 328 g/mol. The molecule has 2 aromatic rings. The van der Waals surface area contributed by atoms with Crippen LogP contribution in [-0.2, 0) is 0 Å². The predicted octanol–water partition coefficient (Wildman–Crippen LogP) is 4.68. The summed E-state index contributed by atoms with van der Waals surface area (Å²) in [5.74, 6) is 0.730. The first kappa shape index (κ1) is 17.0. The second kappa shape index (κ2) is 7.88. The van der Waals surface area contributed by atoms with Crippen LogP contribution in [0.2, 0.25) is 0 Å². The first-order valence-electron chi connectivity index (χ1n) is 9.81. The van der Waals surface area contributed by atoms with Crippen LogP contribution in [-0.4, -0.2) is 36.5 Å². The van der Waals surface area contributed by atoms with E-state index >= 15 is 0 Å². The van der Waals surface area contributed by atoms with Crippen molar-refractivity contribution in [1.82, 2.24) is 10.2 Å². The molecule has 1 aromatic heterocycles. The number of fused-ring (bicyclic) bond motifs is 1. The van der Waals surface area contributed by atoms with Crippen molar-refractivity contribution in [3.8, 4) is 0 Å². The van der Waals surface area contributed by atoms with Crippen LogP contribution >= 0.6 is 11.3 Å². The Morgan fingerprint density at radius 2 is 1.88 bits per heavy atom. The van der Waals surface area contributed by atoms with Crippen LogP contribution in [0.5, 0.6) is 0 Å². The number of amides is 1. The van der Waals surface area contributed by atoms with Gasteiger partial charge in [0.1, 0.15) is 0 Å². The van der Waals surface area contributed by atoms with Crippen LogP contribution in [0.3, 0.4) is 0 Å². The van der Waals surface area contributed by atoms with Crippen molar-refractivity contribution in [2.45, 2.75) is 51.0 Å². The average molecular weight is 357 g/mol. The van der Waals surface area contributed by atoms with Gasteiger partial charge >= 0.3 is 0 Å². The Hall–Kier alpha value is -1.39. The molecule has 0 bridgehead atoms. The largest absolute Gasteiger partial charge is 0.349 e. The number of nitrogens with zero attached hydrogens (tertiary/aromatic N) is 1. The Balaban J connectivity index is 1.44. The summed E-state index contributed by atoms with van der Waals surface area (Å²) >= 11 is 1.66. The Labute approximate surface area is 154 Å². The molecule has 1 aliphatic carbocycles. The predicted molar refractivity (Wildman–Crippen MR) is 105 cm³/mol. The number of carbonyl (C=O) groups excluding carboxylic acids is 1. The first-order valence-corrected chi connectivity index (χ1v) is 10.7. The molecule has 1 aliphatic heterocycles. The third-order valence-electron chi connectivity index (χ3n) is 5.89. The number of rotatable bonds is 4. The van der Waals surface area contributed by atoms with Crippen LogP contribution in [0.15, 0.2) is 29.6 Å². The average Bonchev–Trinajstić information content (AvgIpc) is 3.08. The molecule has 0 radical (unpaired) electrons. The zero-order valence-corrected chi connectivity index (χ0v) is 15.7. The molecule has 25 heavy (non-hydrogen) atoms. The van der Waals surface area contributed by atoms with E-state index in [0.717, 1.165) is 23.9 Å². The molecule has 2 heterocycles. The van der Waals surface area contributed by atoms with Gasteiger partial charge in [-0.2, -0.15) is 0 Å². The lowest BCUT2D eigenvalue weighted by Crippen LogP contribution is -2.47. The van der Waals surface area contributed by atoms with Crippen molar-refractivity contribution >= 4 is 27.3 Å². The van der Waals surface area contributed by atoms with Gasteiger partial charge in [-0.1, -0.05) is 37.5 Å². The number of benzene rings is 1. The first-order chi connectivity index (χ1) is 12.3. The lowest BCUT2D eigenvalue weighted by atomic mass is 9.83. The maximum atomic E-state index is 12.9. The summed E-state index contributed by atoms with van der Waals surface area (Å²) in [7, 11) is 0. The van der Waals surface area contributed by atoms with Crippen LogP contribution in [0.1, 0.15) is 55.3 Å². The van der Waals surface area contributed by atoms with E-state index in [1.165, 1.54) is 56.3 Å². The van der Waals surface area contributed by atoms with Gasteiger partial charge in [-0.15, -0.1) is 11.3 Å². The van der Waals surface area contributed by atoms with E-state index in [4.69, 9.17) is 0 Å². The molecule has 1 N–H and O–H groups in total. The molecular formula is C21H28N2OS. The maximum absolute atomic E-state index is 12.9. The molecule has 1 saturated heterocycles. The van der Waals surface area contributed by atoms with Gasteiger partial charge in [0.25, 0.3) is 5.91 Å². The van der Waals surface area contributed by atoms with E-state index in [-0.39, 0.29) is 5.91 Å². The van der Waals surface area contributed by atoms with Crippen LogP contribution in [0.25, 0.3) is 10.1 Å². The minimum absolute atomic E-state index is 0.119. The van der Waals surface area contributed by atoms with E-state index in [0.29, 0.717) is 12.0 Å². The fourth-order valence-corrected chi connectivity index (χ4v) is 5.43. The molecule has 2 aliphatic rings. The summed E-state index contributed by atoms with van der Waals surface area (Å²) in [4.78, 5) is 15.5. The molecule has 4 heteroatoms. The summed E-state index contributed by atoms with van der Waals surface area (Å²) in [6.45, 7) is 3.65. The lowest BCUT2D eigenvalue weighted by Gasteiger charge is -2.37. The molecule has 4 rings (SSSR count). The molecule has 134 valence electrons. The standard InChI is InChI=1S/C21H28N2OS/c24-21(18-15-25-20-11-5-3-9-17(18)20)22-19-10-4-2-8-16(19)14-23-12-6-1-7-13-23/h3,5,9,11,15-16,19H,1-2,4,6-8,10,12-14H2,(H,22,24)/t16-,19+/m0/s1. The van der Waals surface area contributed by atoms with E-state index in [2.05, 4.69) is 22.3 Å². The van der Waals surface area contributed by atoms with Gasteiger partial charge in [0, 0.05) is 28.1 Å². The molecule has 0 unspecified atom stereocenters. The van der Waals surface area contributed by atoms with Crippen molar-refractivity contribution in [3.05, 3.63) is 35.2 Å². The minimum Gasteiger partial charge on any atom is -0.349 e. The second-order valence-corrected chi connectivity index (χ2v) is 8.54. The highest BCUT2D eigenvalue weighted by Gasteiger charge is 2.29. The normalized spacial score (nSPS) is 25.1. The zero-order chi connectivity index (χ0) is 17.1. The molecule has 2 atom stereocenters. The highest BCUT2D eigenvalue weighted by Crippen LogP contribution is 2.29. The zero-order valence-electron chi connectivity index (χ0n) is 14.9.